The number of nitrogens with zero attached hydrogens (tertiary/aromatic N) is 2. The van der Waals surface area contributed by atoms with Crippen LogP contribution in [0.5, 0.6) is 0 Å². The fourth-order valence-corrected chi connectivity index (χ4v) is 2.90. The van der Waals surface area contributed by atoms with Crippen LogP contribution in [0, 0.1) is 0 Å². The van der Waals surface area contributed by atoms with Crippen molar-refractivity contribution in [3.05, 3.63) is 71.1 Å². The Morgan fingerprint density at radius 2 is 1.83 bits per heavy atom. The molecule has 0 fully saturated rings. The van der Waals surface area contributed by atoms with Gasteiger partial charge in [-0.2, -0.15) is 5.10 Å². The Bertz CT molecular complexity index is 816. The standard InChI is InChI=1S/C18H15F2N3S/c19-17(20)10-14-8-4-5-9-15(14)11-21-23-18-22-16(12-24-18)13-6-2-1-3-7-13/h1-9,11-12,17H,10H2,(H,22,23). The molecule has 0 bridgehead atoms. The van der Waals surface area contributed by atoms with Crippen LogP contribution in [0.1, 0.15) is 11.1 Å². The van der Waals surface area contributed by atoms with Gasteiger partial charge in [0.2, 0.25) is 11.6 Å². The predicted molar refractivity (Wildman–Crippen MR) is 94.9 cm³/mol. The summed E-state index contributed by atoms with van der Waals surface area (Å²) >= 11 is 1.44. The van der Waals surface area contributed by atoms with Crippen LogP contribution in [0.3, 0.4) is 0 Å². The largest absolute Gasteiger partial charge is 0.253 e. The highest BCUT2D eigenvalue weighted by Crippen LogP contribution is 2.24. The number of halogens is 2. The molecule has 0 aliphatic rings. The summed E-state index contributed by atoms with van der Waals surface area (Å²) in [5, 5.41) is 6.71. The zero-order valence-electron chi connectivity index (χ0n) is 12.7. The van der Waals surface area contributed by atoms with Crippen LogP contribution in [0.2, 0.25) is 0 Å². The van der Waals surface area contributed by atoms with Crippen molar-refractivity contribution >= 4 is 22.7 Å². The van der Waals surface area contributed by atoms with Gasteiger partial charge in [-0.25, -0.2) is 13.8 Å². The quantitative estimate of drug-likeness (QED) is 0.501. The predicted octanol–water partition coefficient (Wildman–Crippen LogP) is 5.06. The number of aromatic nitrogens is 1. The summed E-state index contributed by atoms with van der Waals surface area (Å²) in [5.74, 6) is 0. The summed E-state index contributed by atoms with van der Waals surface area (Å²) in [4.78, 5) is 4.46. The van der Waals surface area contributed by atoms with Crippen LogP contribution in [-0.4, -0.2) is 17.6 Å². The molecule has 122 valence electrons. The first kappa shape index (κ1) is 16.3. The lowest BCUT2D eigenvalue weighted by Gasteiger charge is -2.04. The van der Waals surface area contributed by atoms with E-state index in [1.165, 1.54) is 11.3 Å². The number of thiazole rings is 1. The van der Waals surface area contributed by atoms with E-state index in [1.807, 2.05) is 35.7 Å². The first-order chi connectivity index (χ1) is 11.7. The van der Waals surface area contributed by atoms with Gasteiger partial charge in [0.1, 0.15) is 0 Å². The summed E-state index contributed by atoms with van der Waals surface area (Å²) in [7, 11) is 0. The average Bonchev–Trinajstić information content (AvgIpc) is 3.06. The van der Waals surface area contributed by atoms with E-state index in [9.17, 15) is 8.78 Å². The Labute approximate surface area is 142 Å². The highest BCUT2D eigenvalue weighted by Gasteiger charge is 2.07. The fraction of sp³-hybridized carbons (Fsp3) is 0.111. The van der Waals surface area contributed by atoms with Gasteiger partial charge in [0.25, 0.3) is 0 Å². The van der Waals surface area contributed by atoms with Crippen LogP contribution in [0.25, 0.3) is 11.3 Å². The van der Waals surface area contributed by atoms with E-state index in [0.29, 0.717) is 16.3 Å². The minimum absolute atomic E-state index is 0.280. The van der Waals surface area contributed by atoms with E-state index in [-0.39, 0.29) is 6.42 Å². The average molecular weight is 343 g/mol. The summed E-state index contributed by atoms with van der Waals surface area (Å²) < 4.78 is 25.2. The van der Waals surface area contributed by atoms with E-state index >= 15 is 0 Å². The van der Waals surface area contributed by atoms with E-state index in [0.717, 1.165) is 11.3 Å². The second-order valence-corrected chi connectivity index (χ2v) is 5.93. The van der Waals surface area contributed by atoms with Gasteiger partial charge in [0.05, 0.1) is 11.9 Å². The van der Waals surface area contributed by atoms with Gasteiger partial charge in [-0.1, -0.05) is 54.6 Å². The lowest BCUT2D eigenvalue weighted by molar-refractivity contribution is 0.149. The summed E-state index contributed by atoms with van der Waals surface area (Å²) in [6.07, 6.45) is -1.11. The van der Waals surface area contributed by atoms with Gasteiger partial charge >= 0.3 is 0 Å². The maximum absolute atomic E-state index is 12.6. The van der Waals surface area contributed by atoms with E-state index in [4.69, 9.17) is 0 Å². The van der Waals surface area contributed by atoms with Gasteiger partial charge in [0, 0.05) is 17.4 Å². The van der Waals surface area contributed by atoms with Crippen molar-refractivity contribution in [1.82, 2.24) is 4.98 Å². The molecule has 1 heterocycles. The second kappa shape index (κ2) is 7.79. The Balaban J connectivity index is 1.68. The molecule has 0 amide bonds. The number of benzene rings is 2. The second-order valence-electron chi connectivity index (χ2n) is 5.07. The maximum Gasteiger partial charge on any atom is 0.242 e. The van der Waals surface area contributed by atoms with Gasteiger partial charge in [0.15, 0.2) is 0 Å². The van der Waals surface area contributed by atoms with Crippen molar-refractivity contribution in [3.63, 3.8) is 0 Å². The van der Waals surface area contributed by atoms with E-state index in [1.54, 1.807) is 30.5 Å². The van der Waals surface area contributed by atoms with Crippen LogP contribution in [0.15, 0.2) is 65.1 Å². The molecule has 6 heteroatoms. The molecule has 0 aliphatic heterocycles. The van der Waals surface area contributed by atoms with Crippen LogP contribution in [-0.2, 0) is 6.42 Å². The minimum atomic E-state index is -2.38. The maximum atomic E-state index is 12.6. The van der Waals surface area contributed by atoms with Gasteiger partial charge in [-0.3, -0.25) is 5.43 Å². The Morgan fingerprint density at radius 3 is 2.62 bits per heavy atom. The molecule has 3 rings (SSSR count). The van der Waals surface area contributed by atoms with Crippen molar-refractivity contribution in [1.29, 1.82) is 0 Å². The lowest BCUT2D eigenvalue weighted by Crippen LogP contribution is -2.01. The van der Waals surface area contributed by atoms with E-state index in [2.05, 4.69) is 15.5 Å². The van der Waals surface area contributed by atoms with Gasteiger partial charge < -0.3 is 0 Å². The number of hydrogen-bond donors (Lipinski definition) is 1. The molecule has 2 aromatic carbocycles. The SMILES string of the molecule is FC(F)Cc1ccccc1C=NNc1nc(-c2ccccc2)cs1. The molecule has 1 N–H and O–H groups in total. The summed E-state index contributed by atoms with van der Waals surface area (Å²) in [6.45, 7) is 0. The molecule has 3 aromatic rings. The molecule has 0 unspecified atom stereocenters. The van der Waals surface area contributed by atoms with Gasteiger partial charge in [-0.05, 0) is 11.1 Å². The molecule has 24 heavy (non-hydrogen) atoms. The topological polar surface area (TPSA) is 37.3 Å². The molecule has 0 saturated carbocycles. The van der Waals surface area contributed by atoms with Crippen molar-refractivity contribution in [2.75, 3.05) is 5.43 Å². The summed E-state index contributed by atoms with van der Waals surface area (Å²) in [6, 6.07) is 16.8. The van der Waals surface area contributed by atoms with Crippen molar-refractivity contribution in [2.45, 2.75) is 12.8 Å². The normalized spacial score (nSPS) is 11.3. The smallest absolute Gasteiger partial charge is 0.242 e. The fourth-order valence-electron chi connectivity index (χ4n) is 2.24. The molecular weight excluding hydrogens is 328 g/mol. The third-order valence-electron chi connectivity index (χ3n) is 3.37. The Kier molecular flexibility index (Phi) is 5.28. The third-order valence-corrected chi connectivity index (χ3v) is 4.11. The zero-order chi connectivity index (χ0) is 16.8. The number of anilines is 1. The molecule has 3 nitrogen and oxygen atoms in total. The summed E-state index contributed by atoms with van der Waals surface area (Å²) in [5.41, 5.74) is 6.00. The first-order valence-corrected chi connectivity index (χ1v) is 8.26. The van der Waals surface area contributed by atoms with Crippen molar-refractivity contribution < 1.29 is 8.78 Å². The molecule has 1 aromatic heterocycles. The Morgan fingerprint density at radius 1 is 1.08 bits per heavy atom. The number of hydrogen-bond acceptors (Lipinski definition) is 4. The van der Waals surface area contributed by atoms with Gasteiger partial charge in [-0.15, -0.1) is 11.3 Å². The van der Waals surface area contributed by atoms with E-state index < -0.39 is 6.43 Å². The number of hydrazone groups is 1. The van der Waals surface area contributed by atoms with Crippen molar-refractivity contribution in [2.24, 2.45) is 5.10 Å². The molecule has 0 saturated heterocycles. The molecule has 0 radical (unpaired) electrons. The third kappa shape index (κ3) is 4.23. The Hall–Kier alpha value is -2.60. The molecule has 0 aliphatic carbocycles. The zero-order valence-corrected chi connectivity index (χ0v) is 13.5. The molecule has 0 atom stereocenters. The van der Waals surface area contributed by atoms with Crippen LogP contribution >= 0.6 is 11.3 Å². The molecular formula is C18H15F2N3S. The number of rotatable bonds is 6. The number of alkyl halides is 2. The molecule has 0 spiro atoms. The highest BCUT2D eigenvalue weighted by molar-refractivity contribution is 7.14. The number of nitrogens with one attached hydrogen (secondary N) is 1. The van der Waals surface area contributed by atoms with Crippen LogP contribution in [0.4, 0.5) is 13.9 Å². The minimum Gasteiger partial charge on any atom is -0.253 e. The lowest BCUT2D eigenvalue weighted by atomic mass is 10.1. The van der Waals surface area contributed by atoms with Crippen molar-refractivity contribution in [3.8, 4) is 11.3 Å². The van der Waals surface area contributed by atoms with Crippen LogP contribution < -0.4 is 5.43 Å². The first-order valence-electron chi connectivity index (χ1n) is 7.38. The monoisotopic (exact) mass is 343 g/mol. The highest BCUT2D eigenvalue weighted by atomic mass is 32.1.